The van der Waals surface area contributed by atoms with Gasteiger partial charge in [-0.3, -0.25) is 0 Å². The van der Waals surface area contributed by atoms with Gasteiger partial charge in [-0.1, -0.05) is 80.1 Å². The van der Waals surface area contributed by atoms with E-state index < -0.39 is 0 Å². The van der Waals surface area contributed by atoms with E-state index in [2.05, 4.69) is 27.7 Å². The van der Waals surface area contributed by atoms with Gasteiger partial charge in [0.15, 0.2) is 0 Å². The molecule has 0 amide bonds. The zero-order valence-electron chi connectivity index (χ0n) is 10.7. The van der Waals surface area contributed by atoms with E-state index in [0.717, 1.165) is 0 Å². The minimum absolute atomic E-state index is 0.500. The van der Waals surface area contributed by atoms with Crippen molar-refractivity contribution < 1.29 is 0 Å². The van der Waals surface area contributed by atoms with Crippen molar-refractivity contribution in [1.82, 2.24) is 0 Å². The third-order valence-corrected chi connectivity index (χ3v) is 1.50. The van der Waals surface area contributed by atoms with Gasteiger partial charge in [-0.2, -0.15) is 0 Å². The van der Waals surface area contributed by atoms with E-state index in [1.807, 2.05) is 13.8 Å². The summed E-state index contributed by atoms with van der Waals surface area (Å²) in [6, 6.07) is 0. The Morgan fingerprint density at radius 2 is 0.615 bits per heavy atom. The molecule has 0 nitrogen and oxygen atoms in total. The Morgan fingerprint density at radius 1 is 0.538 bits per heavy atom. The minimum atomic E-state index is 0.500. The molecule has 1 fully saturated rings. The smallest absolute Gasteiger partial charge is 0.0411 e. The molecular weight excluding hydrogens is 156 g/mol. The van der Waals surface area contributed by atoms with Gasteiger partial charge in [0, 0.05) is 0 Å². The Labute approximate surface area is 86.1 Å². The van der Waals surface area contributed by atoms with Crippen molar-refractivity contribution in [3.05, 3.63) is 0 Å². The molecule has 0 unspecified atom stereocenters. The van der Waals surface area contributed by atoms with Gasteiger partial charge in [0.25, 0.3) is 0 Å². The topological polar surface area (TPSA) is 0 Å². The second-order valence-electron chi connectivity index (χ2n) is 5.12. The van der Waals surface area contributed by atoms with Crippen molar-refractivity contribution in [3.8, 4) is 0 Å². The van der Waals surface area contributed by atoms with Crippen LogP contribution in [0.4, 0.5) is 0 Å². The molecule has 0 aromatic heterocycles. The molecule has 0 aromatic rings. The van der Waals surface area contributed by atoms with Crippen LogP contribution in [0.3, 0.4) is 0 Å². The first kappa shape index (κ1) is 15.5. The highest BCUT2D eigenvalue weighted by atomic mass is 14.0. The van der Waals surface area contributed by atoms with Crippen molar-refractivity contribution in [3.63, 3.8) is 0 Å². The first-order valence-electron chi connectivity index (χ1n) is 6.00. The standard InChI is InChI=1S/C6H12.C5H12.C2H6/c1-2-4-6-5-3-1;1-5(2,3)4;1-2/h1-6H2;1-4H3;1-2H3. The molecule has 0 saturated heterocycles. The van der Waals surface area contributed by atoms with E-state index >= 15 is 0 Å². The molecule has 0 radical (unpaired) electrons. The lowest BCUT2D eigenvalue weighted by Gasteiger charge is -2.05. The van der Waals surface area contributed by atoms with E-state index in [-0.39, 0.29) is 0 Å². The van der Waals surface area contributed by atoms with Crippen molar-refractivity contribution in [2.75, 3.05) is 0 Å². The zero-order chi connectivity index (χ0) is 10.7. The summed E-state index contributed by atoms with van der Waals surface area (Å²) in [4.78, 5) is 0. The van der Waals surface area contributed by atoms with Gasteiger partial charge < -0.3 is 0 Å². The van der Waals surface area contributed by atoms with E-state index in [0.29, 0.717) is 5.41 Å². The summed E-state index contributed by atoms with van der Waals surface area (Å²) in [5, 5.41) is 0. The molecule has 0 bridgehead atoms. The van der Waals surface area contributed by atoms with Crippen LogP contribution in [0.5, 0.6) is 0 Å². The molecule has 0 heteroatoms. The lowest BCUT2D eigenvalue weighted by Crippen LogP contribution is -1.93. The molecule has 0 aromatic carbocycles. The predicted molar refractivity (Wildman–Crippen MR) is 64.2 cm³/mol. The van der Waals surface area contributed by atoms with Crippen LogP contribution in [0.1, 0.15) is 80.1 Å². The first-order valence-corrected chi connectivity index (χ1v) is 6.00. The monoisotopic (exact) mass is 186 g/mol. The number of hydrogen-bond donors (Lipinski definition) is 0. The molecule has 1 aliphatic rings. The highest BCUT2D eigenvalue weighted by molar-refractivity contribution is 4.51. The fraction of sp³-hybridized carbons (Fsp3) is 1.00. The van der Waals surface area contributed by atoms with Crippen LogP contribution in [0.2, 0.25) is 0 Å². The van der Waals surface area contributed by atoms with E-state index in [4.69, 9.17) is 0 Å². The van der Waals surface area contributed by atoms with Crippen LogP contribution in [-0.4, -0.2) is 0 Å². The summed E-state index contributed by atoms with van der Waals surface area (Å²) in [6.45, 7) is 12.8. The van der Waals surface area contributed by atoms with Gasteiger partial charge in [0.05, 0.1) is 0 Å². The molecule has 1 aliphatic carbocycles. The van der Waals surface area contributed by atoms with Crippen molar-refractivity contribution in [2.45, 2.75) is 80.1 Å². The lowest BCUT2D eigenvalue weighted by atomic mass is 10.0. The van der Waals surface area contributed by atoms with Gasteiger partial charge in [0.2, 0.25) is 0 Å². The Kier molecular flexibility index (Phi) is 12.0. The summed E-state index contributed by atoms with van der Waals surface area (Å²) < 4.78 is 0. The fourth-order valence-corrected chi connectivity index (χ4v) is 1.06. The lowest BCUT2D eigenvalue weighted by molar-refractivity contribution is 0.469. The van der Waals surface area contributed by atoms with Crippen LogP contribution in [0.15, 0.2) is 0 Å². The van der Waals surface area contributed by atoms with Gasteiger partial charge in [-0.05, 0) is 5.41 Å². The minimum Gasteiger partial charge on any atom is -0.0683 e. The molecule has 1 saturated carbocycles. The SMILES string of the molecule is C1CCCCC1.CC.CC(C)(C)C. The maximum atomic E-state index is 2.19. The summed E-state index contributed by atoms with van der Waals surface area (Å²) in [7, 11) is 0. The van der Waals surface area contributed by atoms with Crippen LogP contribution in [0.25, 0.3) is 0 Å². The Morgan fingerprint density at radius 3 is 0.692 bits per heavy atom. The first-order chi connectivity index (χ1) is 6.00. The molecule has 0 N–H and O–H groups in total. The second kappa shape index (κ2) is 10.1. The number of rotatable bonds is 0. The summed E-state index contributed by atoms with van der Waals surface area (Å²) >= 11 is 0. The average molecular weight is 186 g/mol. The predicted octanol–water partition coefficient (Wildman–Crippen LogP) is 5.42. The summed E-state index contributed by atoms with van der Waals surface area (Å²) in [6.07, 6.45) is 9.00. The van der Waals surface area contributed by atoms with Crippen molar-refractivity contribution in [2.24, 2.45) is 5.41 Å². The molecule has 0 heterocycles. The molecule has 0 aliphatic heterocycles. The number of hydrogen-bond acceptors (Lipinski definition) is 0. The van der Waals surface area contributed by atoms with E-state index in [9.17, 15) is 0 Å². The highest BCUT2D eigenvalue weighted by Gasteiger charge is 1.96. The van der Waals surface area contributed by atoms with Crippen LogP contribution in [0, 0.1) is 5.41 Å². The molecule has 82 valence electrons. The van der Waals surface area contributed by atoms with Gasteiger partial charge in [-0.15, -0.1) is 0 Å². The molecule has 0 atom stereocenters. The molecular formula is C13H30. The van der Waals surface area contributed by atoms with Gasteiger partial charge >= 0.3 is 0 Å². The molecule has 13 heavy (non-hydrogen) atoms. The largest absolute Gasteiger partial charge is 0.0683 e. The molecule has 0 spiro atoms. The van der Waals surface area contributed by atoms with Crippen molar-refractivity contribution >= 4 is 0 Å². The molecule has 1 rings (SSSR count). The summed E-state index contributed by atoms with van der Waals surface area (Å²) in [5.74, 6) is 0. The zero-order valence-corrected chi connectivity index (χ0v) is 10.7. The Hall–Kier alpha value is 0. The van der Waals surface area contributed by atoms with E-state index in [1.54, 1.807) is 0 Å². The van der Waals surface area contributed by atoms with E-state index in [1.165, 1.54) is 38.5 Å². The van der Waals surface area contributed by atoms with Gasteiger partial charge in [0.1, 0.15) is 0 Å². The highest BCUT2D eigenvalue weighted by Crippen LogP contribution is 2.15. The summed E-state index contributed by atoms with van der Waals surface area (Å²) in [5.41, 5.74) is 0.500. The normalized spacial score (nSPS) is 16.2. The quantitative estimate of drug-likeness (QED) is 0.474. The third-order valence-electron chi connectivity index (χ3n) is 1.50. The maximum Gasteiger partial charge on any atom is -0.0411 e. The Bertz CT molecular complexity index is 55.0. The average Bonchev–Trinajstić information content (AvgIpc) is 2.08. The van der Waals surface area contributed by atoms with Crippen LogP contribution >= 0.6 is 0 Å². The maximum absolute atomic E-state index is 2.19. The van der Waals surface area contributed by atoms with Gasteiger partial charge in [-0.25, -0.2) is 0 Å². The van der Waals surface area contributed by atoms with Crippen LogP contribution < -0.4 is 0 Å². The third kappa shape index (κ3) is 33.3. The van der Waals surface area contributed by atoms with Crippen LogP contribution in [-0.2, 0) is 0 Å². The fourth-order valence-electron chi connectivity index (χ4n) is 1.06. The Balaban J connectivity index is 0. The second-order valence-corrected chi connectivity index (χ2v) is 5.12. The van der Waals surface area contributed by atoms with Crippen molar-refractivity contribution in [1.29, 1.82) is 0 Å².